The van der Waals surface area contributed by atoms with Crippen LogP contribution >= 0.6 is 0 Å². The molecule has 0 atom stereocenters. The van der Waals surface area contributed by atoms with Crippen LogP contribution in [-0.4, -0.2) is 29.6 Å². The zero-order chi connectivity index (χ0) is 18.8. The lowest BCUT2D eigenvalue weighted by Crippen LogP contribution is -2.30. The molecule has 0 aliphatic carbocycles. The molecule has 0 heterocycles. The molecule has 0 aliphatic heterocycles. The van der Waals surface area contributed by atoms with Gasteiger partial charge in [-0.15, -0.1) is 0 Å². The van der Waals surface area contributed by atoms with Crippen molar-refractivity contribution >= 4 is 16.1 Å². The molecule has 0 aromatic heterocycles. The predicted molar refractivity (Wildman–Crippen MR) is 92.0 cm³/mol. The highest BCUT2D eigenvalue weighted by Gasteiger charge is 2.06. The highest BCUT2D eigenvalue weighted by Crippen LogP contribution is 2.08. The number of carboxylic acids is 1. The number of hydrogen-bond donors (Lipinski definition) is 3. The molecule has 4 N–H and O–H groups in total. The Bertz CT molecular complexity index is 586. The zero-order valence-electron chi connectivity index (χ0n) is 14.3. The van der Waals surface area contributed by atoms with Crippen LogP contribution in [0.5, 0.6) is 0 Å². The maximum atomic E-state index is 10.5. The lowest BCUT2D eigenvalue weighted by atomic mass is 10.1. The number of nitrogens with two attached hydrogens (primary N) is 1. The van der Waals surface area contributed by atoms with Gasteiger partial charge >= 0.3 is 5.97 Å². The quantitative estimate of drug-likeness (QED) is 0.572. The third-order valence-electron chi connectivity index (χ3n) is 2.60. The summed E-state index contributed by atoms with van der Waals surface area (Å²) < 4.78 is 29.6. The Morgan fingerprint density at radius 3 is 1.74 bits per heavy atom. The van der Waals surface area contributed by atoms with Gasteiger partial charge in [-0.05, 0) is 46.2 Å². The van der Waals surface area contributed by atoms with Gasteiger partial charge in [0.1, 0.15) is 0 Å². The summed E-state index contributed by atoms with van der Waals surface area (Å²) in [6, 6.07) is 5.99. The van der Waals surface area contributed by atoms with Gasteiger partial charge in [-0.1, -0.05) is 31.2 Å². The number of benzene rings is 1. The zero-order valence-corrected chi connectivity index (χ0v) is 15.1. The molecule has 0 saturated heterocycles. The molecular weight excluding hydrogens is 318 g/mol. The SMILES string of the molecule is C=C(C)C(=O)O.CCC(C)(C)N.Cc1ccc(S(=O)(=O)O)cc1. The van der Waals surface area contributed by atoms with Crippen molar-refractivity contribution in [3.63, 3.8) is 0 Å². The van der Waals surface area contributed by atoms with Gasteiger partial charge in [-0.2, -0.15) is 8.42 Å². The van der Waals surface area contributed by atoms with Gasteiger partial charge in [0.2, 0.25) is 0 Å². The Hall–Kier alpha value is -1.70. The van der Waals surface area contributed by atoms with Crippen LogP contribution in [0.2, 0.25) is 0 Å². The van der Waals surface area contributed by atoms with E-state index in [0.29, 0.717) is 0 Å². The van der Waals surface area contributed by atoms with Gasteiger partial charge in [-0.25, -0.2) is 4.79 Å². The highest BCUT2D eigenvalue weighted by atomic mass is 32.2. The molecule has 1 rings (SSSR count). The first-order chi connectivity index (χ1) is 10.2. The lowest BCUT2D eigenvalue weighted by molar-refractivity contribution is -0.132. The van der Waals surface area contributed by atoms with Crippen molar-refractivity contribution in [2.75, 3.05) is 0 Å². The first-order valence-corrected chi connectivity index (χ1v) is 8.36. The van der Waals surface area contributed by atoms with Crippen molar-refractivity contribution in [2.45, 2.75) is 51.5 Å². The van der Waals surface area contributed by atoms with E-state index in [-0.39, 0.29) is 16.0 Å². The number of aryl methyl sites for hydroxylation is 1. The molecule has 0 spiro atoms. The van der Waals surface area contributed by atoms with Crippen LogP contribution < -0.4 is 5.73 Å². The Balaban J connectivity index is 0. The van der Waals surface area contributed by atoms with Gasteiger partial charge < -0.3 is 10.8 Å². The van der Waals surface area contributed by atoms with Crippen molar-refractivity contribution in [1.82, 2.24) is 0 Å². The second-order valence-corrected chi connectivity index (χ2v) is 7.14. The molecule has 1 aromatic carbocycles. The van der Waals surface area contributed by atoms with Gasteiger partial charge in [-0.3, -0.25) is 4.55 Å². The maximum Gasteiger partial charge on any atom is 0.330 e. The Labute approximate surface area is 138 Å². The summed E-state index contributed by atoms with van der Waals surface area (Å²) in [5.41, 5.74) is 6.71. The Morgan fingerprint density at radius 1 is 1.26 bits per heavy atom. The Kier molecular flexibility index (Phi) is 10.4. The van der Waals surface area contributed by atoms with Crippen LogP contribution in [0.4, 0.5) is 0 Å². The second kappa shape index (κ2) is 10.1. The van der Waals surface area contributed by atoms with Crippen LogP contribution in [0.15, 0.2) is 41.3 Å². The van der Waals surface area contributed by atoms with Gasteiger partial charge in [0, 0.05) is 11.1 Å². The summed E-state index contributed by atoms with van der Waals surface area (Å²) in [5, 5.41) is 7.89. The highest BCUT2D eigenvalue weighted by molar-refractivity contribution is 7.85. The molecule has 132 valence electrons. The molecular formula is C16H27NO5S. The molecule has 1 aromatic rings. The van der Waals surface area contributed by atoms with Crippen molar-refractivity contribution in [3.8, 4) is 0 Å². The summed E-state index contributed by atoms with van der Waals surface area (Å²) in [5.74, 6) is -0.935. The van der Waals surface area contributed by atoms with E-state index in [0.717, 1.165) is 12.0 Å². The van der Waals surface area contributed by atoms with Gasteiger partial charge in [0.05, 0.1) is 4.90 Å². The molecule has 0 amide bonds. The fraction of sp³-hybridized carbons (Fsp3) is 0.438. The van der Waals surface area contributed by atoms with Crippen molar-refractivity contribution in [3.05, 3.63) is 42.0 Å². The van der Waals surface area contributed by atoms with Crippen LogP contribution in [0.25, 0.3) is 0 Å². The third-order valence-corrected chi connectivity index (χ3v) is 3.46. The van der Waals surface area contributed by atoms with E-state index in [4.69, 9.17) is 15.4 Å². The van der Waals surface area contributed by atoms with Crippen LogP contribution in [-0.2, 0) is 14.9 Å². The molecule has 0 fully saturated rings. The fourth-order valence-corrected chi connectivity index (χ4v) is 1.19. The first-order valence-electron chi connectivity index (χ1n) is 6.92. The van der Waals surface area contributed by atoms with Gasteiger partial charge in [0.15, 0.2) is 0 Å². The van der Waals surface area contributed by atoms with E-state index in [1.165, 1.54) is 19.1 Å². The van der Waals surface area contributed by atoms with E-state index in [1.807, 2.05) is 20.8 Å². The number of rotatable bonds is 3. The molecule has 6 nitrogen and oxygen atoms in total. The molecule has 0 aliphatic rings. The topological polar surface area (TPSA) is 118 Å². The third kappa shape index (κ3) is 15.0. The molecule has 0 saturated carbocycles. The van der Waals surface area contributed by atoms with Crippen molar-refractivity contribution < 1.29 is 22.9 Å². The summed E-state index contributed by atoms with van der Waals surface area (Å²) in [6.07, 6.45) is 1.05. The fourth-order valence-electron chi connectivity index (χ4n) is 0.710. The minimum atomic E-state index is -4.02. The van der Waals surface area contributed by atoms with Crippen molar-refractivity contribution in [1.29, 1.82) is 0 Å². The van der Waals surface area contributed by atoms with E-state index >= 15 is 0 Å². The smallest absolute Gasteiger partial charge is 0.330 e. The van der Waals surface area contributed by atoms with Crippen LogP contribution in [0.1, 0.15) is 39.7 Å². The molecule has 0 unspecified atom stereocenters. The van der Waals surface area contributed by atoms with E-state index in [9.17, 15) is 13.2 Å². The summed E-state index contributed by atoms with van der Waals surface area (Å²) in [4.78, 5) is 9.53. The van der Waals surface area contributed by atoms with E-state index < -0.39 is 16.1 Å². The average molecular weight is 345 g/mol. The van der Waals surface area contributed by atoms with E-state index in [2.05, 4.69) is 13.5 Å². The van der Waals surface area contributed by atoms with Crippen LogP contribution in [0, 0.1) is 6.92 Å². The maximum absolute atomic E-state index is 10.5. The normalized spacial score (nSPS) is 10.6. The number of hydrogen-bond acceptors (Lipinski definition) is 4. The minimum absolute atomic E-state index is 0.0417. The van der Waals surface area contributed by atoms with Crippen LogP contribution in [0.3, 0.4) is 0 Å². The molecule has 0 bridgehead atoms. The molecule has 7 heteroatoms. The first kappa shape index (κ1) is 23.6. The summed E-state index contributed by atoms with van der Waals surface area (Å²) >= 11 is 0. The van der Waals surface area contributed by atoms with Crippen molar-refractivity contribution in [2.24, 2.45) is 5.73 Å². The summed E-state index contributed by atoms with van der Waals surface area (Å²) in [6.45, 7) is 12.6. The number of carbonyl (C=O) groups is 1. The lowest BCUT2D eigenvalue weighted by Gasteiger charge is -2.13. The summed E-state index contributed by atoms with van der Waals surface area (Å²) in [7, 11) is -4.02. The largest absolute Gasteiger partial charge is 0.478 e. The molecule has 0 radical (unpaired) electrons. The van der Waals surface area contributed by atoms with Gasteiger partial charge in [0.25, 0.3) is 10.1 Å². The number of aliphatic carboxylic acids is 1. The molecule has 23 heavy (non-hydrogen) atoms. The average Bonchev–Trinajstić information content (AvgIpc) is 2.38. The minimum Gasteiger partial charge on any atom is -0.478 e. The Morgan fingerprint density at radius 2 is 1.57 bits per heavy atom. The van der Waals surface area contributed by atoms with E-state index in [1.54, 1.807) is 12.1 Å². The monoisotopic (exact) mass is 345 g/mol. The standard InChI is InChI=1S/C7H8O3S.C5H13N.C4H6O2/c1-6-2-4-7(5-3-6)11(8,9)10;1-4-5(2,3)6;1-3(2)4(5)6/h2-5H,1H3,(H,8,9,10);4,6H2,1-3H3;1H2,2H3,(H,5,6). The predicted octanol–water partition coefficient (Wildman–Crippen LogP) is 3.02. The second-order valence-electron chi connectivity index (χ2n) is 5.72. The number of carboxylic acid groups (broad SMARTS) is 1.